The van der Waals surface area contributed by atoms with Crippen molar-refractivity contribution in [2.45, 2.75) is 32.2 Å². The Morgan fingerprint density at radius 3 is 2.89 bits per heavy atom. The van der Waals surface area contributed by atoms with Crippen LogP contribution < -0.4 is 5.32 Å². The van der Waals surface area contributed by atoms with E-state index >= 15 is 0 Å². The Labute approximate surface area is 112 Å². The van der Waals surface area contributed by atoms with Crippen LogP contribution in [0.2, 0.25) is 0 Å². The van der Waals surface area contributed by atoms with E-state index < -0.39 is 5.54 Å². The molecule has 0 fully saturated rings. The van der Waals surface area contributed by atoms with Gasteiger partial charge in [0.05, 0.1) is 29.8 Å². The van der Waals surface area contributed by atoms with E-state index in [9.17, 15) is 9.90 Å². The van der Waals surface area contributed by atoms with Crippen molar-refractivity contribution >= 4 is 16.8 Å². The molecule has 5 heteroatoms. The fourth-order valence-corrected chi connectivity index (χ4v) is 1.93. The molecule has 1 amide bonds. The van der Waals surface area contributed by atoms with Crippen molar-refractivity contribution in [3.05, 3.63) is 30.0 Å². The Morgan fingerprint density at radius 1 is 1.47 bits per heavy atom. The lowest BCUT2D eigenvalue weighted by Gasteiger charge is -2.27. The van der Waals surface area contributed by atoms with Gasteiger partial charge in [-0.2, -0.15) is 5.10 Å². The van der Waals surface area contributed by atoms with Crippen molar-refractivity contribution in [3.8, 4) is 0 Å². The minimum absolute atomic E-state index is 0.0705. The fourth-order valence-electron chi connectivity index (χ4n) is 1.93. The summed E-state index contributed by atoms with van der Waals surface area (Å²) in [4.78, 5) is 12.0. The third-order valence-corrected chi connectivity index (χ3v) is 3.45. The molecular weight excluding hydrogens is 242 g/mol. The molecule has 3 N–H and O–H groups in total. The van der Waals surface area contributed by atoms with Crippen LogP contribution in [0.5, 0.6) is 0 Å². The van der Waals surface area contributed by atoms with E-state index in [0.717, 1.165) is 16.6 Å². The quantitative estimate of drug-likeness (QED) is 0.761. The maximum Gasteiger partial charge on any atom is 0.226 e. The average molecular weight is 261 g/mol. The molecule has 1 heterocycles. The predicted molar refractivity (Wildman–Crippen MR) is 73.7 cm³/mol. The molecule has 1 atom stereocenters. The van der Waals surface area contributed by atoms with Crippen molar-refractivity contribution < 1.29 is 9.90 Å². The number of benzene rings is 1. The molecular formula is C14H19N3O2. The Balaban J connectivity index is 2.11. The molecule has 0 saturated carbocycles. The lowest BCUT2D eigenvalue weighted by Crippen LogP contribution is -2.49. The van der Waals surface area contributed by atoms with Crippen LogP contribution in [0.15, 0.2) is 24.3 Å². The number of hydrogen-bond acceptors (Lipinski definition) is 3. The van der Waals surface area contributed by atoms with E-state index in [0.29, 0.717) is 6.42 Å². The number of H-pyrrole nitrogens is 1. The van der Waals surface area contributed by atoms with E-state index in [1.54, 1.807) is 0 Å². The van der Waals surface area contributed by atoms with Gasteiger partial charge in [0.2, 0.25) is 5.91 Å². The van der Waals surface area contributed by atoms with Crippen LogP contribution >= 0.6 is 0 Å². The van der Waals surface area contributed by atoms with Crippen molar-refractivity contribution in [2.24, 2.45) is 0 Å². The zero-order valence-corrected chi connectivity index (χ0v) is 11.2. The number of aliphatic hydroxyl groups is 1. The van der Waals surface area contributed by atoms with Crippen LogP contribution in [0.3, 0.4) is 0 Å². The first-order chi connectivity index (χ1) is 9.08. The molecule has 19 heavy (non-hydrogen) atoms. The molecule has 0 aliphatic rings. The second kappa shape index (κ2) is 5.40. The molecule has 0 aliphatic carbocycles. The molecule has 0 spiro atoms. The van der Waals surface area contributed by atoms with Crippen molar-refractivity contribution in [1.29, 1.82) is 0 Å². The number of para-hydroxylation sites is 1. The maximum absolute atomic E-state index is 12.0. The van der Waals surface area contributed by atoms with E-state index in [-0.39, 0.29) is 18.9 Å². The van der Waals surface area contributed by atoms with Gasteiger partial charge in [-0.3, -0.25) is 9.89 Å². The van der Waals surface area contributed by atoms with Crippen LogP contribution in [0.25, 0.3) is 10.9 Å². The largest absolute Gasteiger partial charge is 0.394 e. The smallest absolute Gasteiger partial charge is 0.226 e. The SMILES string of the molecule is CC[C@](C)(CO)NC(=O)Cc1[nH]nc2ccccc12. The molecule has 0 radical (unpaired) electrons. The van der Waals surface area contributed by atoms with Gasteiger partial charge in [-0.15, -0.1) is 0 Å². The van der Waals surface area contributed by atoms with E-state index in [2.05, 4.69) is 15.5 Å². The van der Waals surface area contributed by atoms with E-state index in [1.807, 2.05) is 38.1 Å². The number of aliphatic hydroxyl groups excluding tert-OH is 1. The highest BCUT2D eigenvalue weighted by Crippen LogP contribution is 2.16. The number of carbonyl (C=O) groups is 1. The van der Waals surface area contributed by atoms with Gasteiger partial charge in [0, 0.05) is 5.39 Å². The van der Waals surface area contributed by atoms with Gasteiger partial charge in [0.1, 0.15) is 0 Å². The summed E-state index contributed by atoms with van der Waals surface area (Å²) in [6.45, 7) is 3.69. The number of aromatic nitrogens is 2. The summed E-state index contributed by atoms with van der Waals surface area (Å²) in [6, 6.07) is 7.67. The summed E-state index contributed by atoms with van der Waals surface area (Å²) in [5.41, 5.74) is 1.09. The number of nitrogens with one attached hydrogen (secondary N) is 2. The molecule has 0 bridgehead atoms. The molecule has 1 aromatic carbocycles. The lowest BCUT2D eigenvalue weighted by atomic mass is 10.00. The Hall–Kier alpha value is -1.88. The second-order valence-corrected chi connectivity index (χ2v) is 5.02. The minimum Gasteiger partial charge on any atom is -0.394 e. The maximum atomic E-state index is 12.0. The van der Waals surface area contributed by atoms with Crippen LogP contribution in [0, 0.1) is 0 Å². The first-order valence-corrected chi connectivity index (χ1v) is 6.42. The highest BCUT2D eigenvalue weighted by molar-refractivity contribution is 5.87. The fraction of sp³-hybridized carbons (Fsp3) is 0.429. The van der Waals surface area contributed by atoms with E-state index in [1.165, 1.54) is 0 Å². The van der Waals surface area contributed by atoms with Crippen LogP contribution in [0.1, 0.15) is 26.0 Å². The van der Waals surface area contributed by atoms with Crippen LogP contribution in [-0.2, 0) is 11.2 Å². The van der Waals surface area contributed by atoms with Crippen molar-refractivity contribution in [3.63, 3.8) is 0 Å². The van der Waals surface area contributed by atoms with Crippen molar-refractivity contribution in [1.82, 2.24) is 15.5 Å². The number of aromatic amines is 1. The summed E-state index contributed by atoms with van der Waals surface area (Å²) in [7, 11) is 0. The van der Waals surface area contributed by atoms with Gasteiger partial charge in [-0.25, -0.2) is 0 Å². The average Bonchev–Trinajstić information content (AvgIpc) is 2.82. The molecule has 5 nitrogen and oxygen atoms in total. The van der Waals surface area contributed by atoms with Gasteiger partial charge < -0.3 is 10.4 Å². The summed E-state index contributed by atoms with van der Waals surface area (Å²) in [5, 5.41) is 20.2. The zero-order valence-electron chi connectivity index (χ0n) is 11.2. The minimum atomic E-state index is -0.563. The molecule has 2 rings (SSSR count). The number of fused-ring (bicyclic) bond motifs is 1. The third kappa shape index (κ3) is 2.93. The third-order valence-electron chi connectivity index (χ3n) is 3.45. The number of carbonyl (C=O) groups excluding carboxylic acids is 1. The highest BCUT2D eigenvalue weighted by Gasteiger charge is 2.23. The van der Waals surface area contributed by atoms with Crippen molar-refractivity contribution in [2.75, 3.05) is 6.61 Å². The number of rotatable bonds is 5. The van der Waals surface area contributed by atoms with Gasteiger partial charge in [-0.1, -0.05) is 25.1 Å². The Morgan fingerprint density at radius 2 is 2.21 bits per heavy atom. The molecule has 1 aromatic heterocycles. The van der Waals surface area contributed by atoms with Gasteiger partial charge >= 0.3 is 0 Å². The number of hydrogen-bond donors (Lipinski definition) is 3. The zero-order chi connectivity index (χ0) is 13.9. The standard InChI is InChI=1S/C14H19N3O2/c1-3-14(2,9-18)15-13(19)8-12-10-6-4-5-7-11(10)16-17-12/h4-7,18H,3,8-9H2,1-2H3,(H,15,19)(H,16,17)/t14-/m1/s1. The molecule has 2 aromatic rings. The predicted octanol–water partition coefficient (Wildman–Crippen LogP) is 1.38. The number of amides is 1. The topological polar surface area (TPSA) is 78.0 Å². The van der Waals surface area contributed by atoms with E-state index in [4.69, 9.17) is 0 Å². The summed E-state index contributed by atoms with van der Waals surface area (Å²) in [5.74, 6) is -0.118. The Bertz CT molecular complexity index is 573. The normalized spacial score (nSPS) is 14.3. The highest BCUT2D eigenvalue weighted by atomic mass is 16.3. The first-order valence-electron chi connectivity index (χ1n) is 6.42. The monoisotopic (exact) mass is 261 g/mol. The van der Waals surface area contributed by atoms with Crippen LogP contribution in [0.4, 0.5) is 0 Å². The molecule has 102 valence electrons. The Kier molecular flexibility index (Phi) is 3.85. The first kappa shape index (κ1) is 13.5. The summed E-state index contributed by atoms with van der Waals surface area (Å²) < 4.78 is 0. The second-order valence-electron chi connectivity index (χ2n) is 5.02. The molecule has 0 saturated heterocycles. The van der Waals surface area contributed by atoms with Crippen LogP contribution in [-0.4, -0.2) is 33.4 Å². The van der Waals surface area contributed by atoms with Gasteiger partial charge in [0.25, 0.3) is 0 Å². The molecule has 0 aliphatic heterocycles. The molecule has 0 unspecified atom stereocenters. The summed E-state index contributed by atoms with van der Waals surface area (Å²) in [6.07, 6.45) is 0.912. The lowest BCUT2D eigenvalue weighted by molar-refractivity contribution is -0.122. The van der Waals surface area contributed by atoms with Gasteiger partial charge in [0.15, 0.2) is 0 Å². The van der Waals surface area contributed by atoms with Gasteiger partial charge in [-0.05, 0) is 19.4 Å². The number of nitrogens with zero attached hydrogens (tertiary/aromatic N) is 1. The summed E-state index contributed by atoms with van der Waals surface area (Å²) >= 11 is 0.